The topological polar surface area (TPSA) is 68.0 Å². The molecule has 21 heavy (non-hydrogen) atoms. The Morgan fingerprint density at radius 3 is 2.90 bits per heavy atom. The summed E-state index contributed by atoms with van der Waals surface area (Å²) in [6.07, 6.45) is 0.885. The largest absolute Gasteiger partial charge is 0.484 e. The first-order chi connectivity index (χ1) is 9.92. The number of morpholine rings is 1. The second kappa shape index (κ2) is 5.07. The number of aliphatic hydroxyl groups excluding tert-OH is 1. The van der Waals surface area contributed by atoms with Gasteiger partial charge in [0.2, 0.25) is 0 Å². The molecule has 0 amide bonds. The summed E-state index contributed by atoms with van der Waals surface area (Å²) in [6.45, 7) is 7.65. The molecule has 3 N–H and O–H groups in total. The molecule has 0 bridgehead atoms. The van der Waals surface area contributed by atoms with Crippen molar-refractivity contribution in [1.29, 1.82) is 0 Å². The lowest BCUT2D eigenvalue weighted by Crippen LogP contribution is -2.47. The van der Waals surface area contributed by atoms with Crippen molar-refractivity contribution in [1.82, 2.24) is 0 Å². The molecule has 1 saturated heterocycles. The first-order valence-electron chi connectivity index (χ1n) is 7.52. The molecule has 1 aromatic carbocycles. The van der Waals surface area contributed by atoms with E-state index in [1.807, 2.05) is 19.1 Å². The molecule has 2 aliphatic rings. The lowest BCUT2D eigenvalue weighted by molar-refractivity contribution is 0.0342. The fraction of sp³-hybridized carbons (Fsp3) is 0.625. The van der Waals surface area contributed by atoms with Crippen LogP contribution in [-0.4, -0.2) is 42.6 Å². The van der Waals surface area contributed by atoms with Crippen molar-refractivity contribution in [3.05, 3.63) is 17.7 Å². The zero-order valence-electron chi connectivity index (χ0n) is 12.9. The van der Waals surface area contributed by atoms with Crippen LogP contribution in [0.3, 0.4) is 0 Å². The zero-order valence-corrected chi connectivity index (χ0v) is 12.9. The number of nitrogens with two attached hydrogens (primary N) is 1. The maximum Gasteiger partial charge on any atom is 0.133 e. The van der Waals surface area contributed by atoms with E-state index in [-0.39, 0.29) is 18.8 Å². The van der Waals surface area contributed by atoms with Gasteiger partial charge in [0.25, 0.3) is 0 Å². The fourth-order valence-corrected chi connectivity index (χ4v) is 3.15. The van der Waals surface area contributed by atoms with Crippen LogP contribution >= 0.6 is 0 Å². The van der Waals surface area contributed by atoms with E-state index >= 15 is 0 Å². The third kappa shape index (κ3) is 2.56. The summed E-state index contributed by atoms with van der Waals surface area (Å²) in [5, 5.41) is 9.48. The van der Waals surface area contributed by atoms with Gasteiger partial charge in [0, 0.05) is 30.6 Å². The third-order valence-electron chi connectivity index (χ3n) is 4.38. The Bertz CT molecular complexity index is 549. The summed E-state index contributed by atoms with van der Waals surface area (Å²) in [7, 11) is 0. The van der Waals surface area contributed by atoms with Gasteiger partial charge in [-0.1, -0.05) is 0 Å². The van der Waals surface area contributed by atoms with E-state index in [0.717, 1.165) is 29.2 Å². The minimum Gasteiger partial charge on any atom is -0.484 e. The van der Waals surface area contributed by atoms with Crippen LogP contribution in [-0.2, 0) is 11.2 Å². The minimum atomic E-state index is -0.530. The van der Waals surface area contributed by atoms with Gasteiger partial charge in [-0.3, -0.25) is 0 Å². The molecule has 2 aliphatic heterocycles. The van der Waals surface area contributed by atoms with Crippen LogP contribution in [0, 0.1) is 0 Å². The Morgan fingerprint density at radius 1 is 1.43 bits per heavy atom. The molecule has 0 saturated carbocycles. The standard InChI is InChI=1S/C16H24N2O3/c1-10-8-20-11(2)7-18(10)14-5-15-12(4-13(14)17)6-16(3,9-19)21-15/h4-5,10-11,19H,6-9,17H2,1-3H3/t10-,11-,16?/m0/s1. The summed E-state index contributed by atoms with van der Waals surface area (Å²) < 4.78 is 11.6. The van der Waals surface area contributed by atoms with Gasteiger partial charge >= 0.3 is 0 Å². The van der Waals surface area contributed by atoms with Gasteiger partial charge in [0.15, 0.2) is 0 Å². The van der Waals surface area contributed by atoms with Crippen LogP contribution in [0.4, 0.5) is 11.4 Å². The molecule has 1 unspecified atom stereocenters. The second-order valence-electron chi connectivity index (χ2n) is 6.55. The first kappa shape index (κ1) is 14.5. The Kier molecular flexibility index (Phi) is 3.50. The van der Waals surface area contributed by atoms with Crippen molar-refractivity contribution in [2.75, 3.05) is 30.4 Å². The fourth-order valence-electron chi connectivity index (χ4n) is 3.15. The molecule has 1 aromatic rings. The molecule has 0 radical (unpaired) electrons. The van der Waals surface area contributed by atoms with Crippen LogP contribution in [0.1, 0.15) is 26.3 Å². The molecule has 0 spiro atoms. The highest BCUT2D eigenvalue weighted by atomic mass is 16.5. The van der Waals surface area contributed by atoms with Crippen LogP contribution in [0.5, 0.6) is 5.75 Å². The second-order valence-corrected chi connectivity index (χ2v) is 6.55. The monoisotopic (exact) mass is 292 g/mol. The summed E-state index contributed by atoms with van der Waals surface area (Å²) in [6, 6.07) is 4.28. The Balaban J connectivity index is 1.93. The van der Waals surface area contributed by atoms with E-state index < -0.39 is 5.60 Å². The van der Waals surface area contributed by atoms with Crippen molar-refractivity contribution in [2.24, 2.45) is 0 Å². The van der Waals surface area contributed by atoms with Crippen molar-refractivity contribution in [3.8, 4) is 5.75 Å². The molecule has 3 rings (SSSR count). The number of hydrogen-bond donors (Lipinski definition) is 2. The van der Waals surface area contributed by atoms with Gasteiger partial charge in [-0.15, -0.1) is 0 Å². The van der Waals surface area contributed by atoms with E-state index in [4.69, 9.17) is 15.2 Å². The molecule has 5 nitrogen and oxygen atoms in total. The zero-order chi connectivity index (χ0) is 15.2. The Hall–Kier alpha value is -1.46. The van der Waals surface area contributed by atoms with Crippen molar-refractivity contribution < 1.29 is 14.6 Å². The lowest BCUT2D eigenvalue weighted by atomic mass is 9.99. The van der Waals surface area contributed by atoms with Crippen molar-refractivity contribution in [2.45, 2.75) is 44.9 Å². The van der Waals surface area contributed by atoms with E-state index in [1.165, 1.54) is 0 Å². The third-order valence-corrected chi connectivity index (χ3v) is 4.38. The van der Waals surface area contributed by atoms with Crippen molar-refractivity contribution >= 4 is 11.4 Å². The quantitative estimate of drug-likeness (QED) is 0.810. The van der Waals surface area contributed by atoms with Crippen LogP contribution in [0.2, 0.25) is 0 Å². The predicted molar refractivity (Wildman–Crippen MR) is 82.9 cm³/mol. The van der Waals surface area contributed by atoms with Crippen LogP contribution < -0.4 is 15.4 Å². The van der Waals surface area contributed by atoms with Gasteiger partial charge < -0.3 is 25.2 Å². The van der Waals surface area contributed by atoms with Crippen molar-refractivity contribution in [3.63, 3.8) is 0 Å². The van der Waals surface area contributed by atoms with E-state index in [9.17, 15) is 5.11 Å². The normalized spacial score (nSPS) is 31.9. The highest BCUT2D eigenvalue weighted by Crippen LogP contribution is 2.41. The minimum absolute atomic E-state index is 0.00189. The molecular weight excluding hydrogens is 268 g/mol. The van der Waals surface area contributed by atoms with Gasteiger partial charge in [-0.05, 0) is 26.8 Å². The summed E-state index contributed by atoms with van der Waals surface area (Å²) in [5.74, 6) is 0.835. The number of nitrogen functional groups attached to an aromatic ring is 1. The summed E-state index contributed by atoms with van der Waals surface area (Å²) >= 11 is 0. The summed E-state index contributed by atoms with van der Waals surface area (Å²) in [5.41, 5.74) is 8.57. The average molecular weight is 292 g/mol. The number of benzene rings is 1. The Labute approximate surface area is 125 Å². The highest BCUT2D eigenvalue weighted by molar-refractivity contribution is 5.73. The molecule has 3 atom stereocenters. The smallest absolute Gasteiger partial charge is 0.133 e. The number of ether oxygens (including phenoxy) is 2. The predicted octanol–water partition coefficient (Wildman–Crippen LogP) is 1.57. The van der Waals surface area contributed by atoms with Gasteiger partial charge in [0.05, 0.1) is 30.7 Å². The number of nitrogens with zero attached hydrogens (tertiary/aromatic N) is 1. The van der Waals surface area contributed by atoms with Gasteiger partial charge in [0.1, 0.15) is 11.4 Å². The molecule has 1 fully saturated rings. The molecule has 0 aromatic heterocycles. The van der Waals surface area contributed by atoms with Crippen LogP contribution in [0.25, 0.3) is 0 Å². The number of rotatable bonds is 2. The first-order valence-corrected chi connectivity index (χ1v) is 7.52. The number of hydrogen-bond acceptors (Lipinski definition) is 5. The molecule has 116 valence electrons. The SMILES string of the molecule is C[C@H]1CN(c2cc3c(cc2N)CC(C)(CO)O3)[C@@H](C)CO1. The maximum atomic E-state index is 9.48. The van der Waals surface area contributed by atoms with E-state index in [2.05, 4.69) is 18.7 Å². The number of anilines is 2. The lowest BCUT2D eigenvalue weighted by Gasteiger charge is -2.39. The number of aliphatic hydroxyl groups is 1. The Morgan fingerprint density at radius 2 is 2.19 bits per heavy atom. The van der Waals surface area contributed by atoms with Crippen LogP contribution in [0.15, 0.2) is 12.1 Å². The summed E-state index contributed by atoms with van der Waals surface area (Å²) in [4.78, 5) is 2.28. The van der Waals surface area contributed by atoms with E-state index in [0.29, 0.717) is 13.0 Å². The average Bonchev–Trinajstić information content (AvgIpc) is 2.77. The molecule has 5 heteroatoms. The highest BCUT2D eigenvalue weighted by Gasteiger charge is 2.36. The molecule has 0 aliphatic carbocycles. The molecular formula is C16H24N2O3. The van der Waals surface area contributed by atoms with Gasteiger partial charge in [-0.2, -0.15) is 0 Å². The van der Waals surface area contributed by atoms with Gasteiger partial charge in [-0.25, -0.2) is 0 Å². The van der Waals surface area contributed by atoms with E-state index in [1.54, 1.807) is 0 Å². The molecule has 2 heterocycles. The maximum absolute atomic E-state index is 9.48. The number of fused-ring (bicyclic) bond motifs is 1.